The minimum absolute atomic E-state index is 0.0741. The van der Waals surface area contributed by atoms with Crippen LogP contribution >= 0.6 is 0 Å². The largest absolute Gasteiger partial charge is 0.445 e. The summed E-state index contributed by atoms with van der Waals surface area (Å²) in [6.07, 6.45) is 0.844. The fourth-order valence-electron chi connectivity index (χ4n) is 4.62. The Morgan fingerprint density at radius 2 is 1.68 bits per heavy atom. The van der Waals surface area contributed by atoms with Gasteiger partial charge in [0.05, 0.1) is 12.6 Å². The number of amides is 3. The highest BCUT2D eigenvalue weighted by molar-refractivity contribution is 5.95. The molecular formula is C31H42N4O5. The summed E-state index contributed by atoms with van der Waals surface area (Å²) >= 11 is 0. The van der Waals surface area contributed by atoms with E-state index in [9.17, 15) is 19.2 Å². The van der Waals surface area contributed by atoms with Crippen LogP contribution in [0.2, 0.25) is 0 Å². The molecule has 40 heavy (non-hydrogen) atoms. The standard InChI is InChI=1S/C31H42N4O5/c1-20(2)15-26(29(37)33-25-17-24-12-8-11-22(16-24)13-14-32-18-27(25)36)34-30(38)28(21(3)4)35-31(39)40-19-23-9-6-5-7-10-23/h5-12,16,20-21,25-26,28,32H,13-15,17-19H2,1-4H3,(H,33,37)(H,34,38)(H,35,39). The third kappa shape index (κ3) is 9.79. The van der Waals surface area contributed by atoms with E-state index in [0.29, 0.717) is 19.4 Å². The van der Waals surface area contributed by atoms with Gasteiger partial charge in [0.2, 0.25) is 11.8 Å². The van der Waals surface area contributed by atoms with E-state index < -0.39 is 36.0 Å². The zero-order chi connectivity index (χ0) is 29.1. The molecule has 0 radical (unpaired) electrons. The lowest BCUT2D eigenvalue weighted by Crippen LogP contribution is -2.58. The van der Waals surface area contributed by atoms with E-state index in [1.54, 1.807) is 13.8 Å². The van der Waals surface area contributed by atoms with Gasteiger partial charge in [0, 0.05) is 0 Å². The molecule has 2 aromatic carbocycles. The molecule has 0 spiro atoms. The summed E-state index contributed by atoms with van der Waals surface area (Å²) in [5.74, 6) is -1.19. The van der Waals surface area contributed by atoms with Crippen molar-refractivity contribution in [2.24, 2.45) is 11.8 Å². The van der Waals surface area contributed by atoms with E-state index in [4.69, 9.17) is 4.74 Å². The predicted octanol–water partition coefficient (Wildman–Crippen LogP) is 2.91. The molecule has 4 N–H and O–H groups in total. The van der Waals surface area contributed by atoms with Gasteiger partial charge >= 0.3 is 6.09 Å². The van der Waals surface area contributed by atoms with Gasteiger partial charge in [0.15, 0.2) is 5.78 Å². The first-order chi connectivity index (χ1) is 19.1. The third-order valence-corrected chi connectivity index (χ3v) is 6.80. The number of carbonyl (C=O) groups is 4. The molecule has 0 aliphatic carbocycles. The number of ketones is 1. The lowest BCUT2D eigenvalue weighted by atomic mass is 9.96. The van der Waals surface area contributed by atoms with Crippen LogP contribution in [-0.2, 0) is 38.6 Å². The van der Waals surface area contributed by atoms with E-state index in [-0.39, 0.29) is 30.8 Å². The van der Waals surface area contributed by atoms with Crippen molar-refractivity contribution in [2.75, 3.05) is 13.1 Å². The summed E-state index contributed by atoms with van der Waals surface area (Å²) in [4.78, 5) is 52.2. The van der Waals surface area contributed by atoms with Gasteiger partial charge in [-0.1, -0.05) is 82.3 Å². The monoisotopic (exact) mass is 550 g/mol. The molecule has 0 saturated heterocycles. The Morgan fingerprint density at radius 1 is 0.950 bits per heavy atom. The van der Waals surface area contributed by atoms with Gasteiger partial charge in [-0.2, -0.15) is 0 Å². The van der Waals surface area contributed by atoms with Crippen LogP contribution in [0.4, 0.5) is 4.79 Å². The molecule has 1 aliphatic rings. The van der Waals surface area contributed by atoms with E-state index in [2.05, 4.69) is 27.3 Å². The van der Waals surface area contributed by atoms with Crippen molar-refractivity contribution in [3.8, 4) is 0 Å². The van der Waals surface area contributed by atoms with Crippen molar-refractivity contribution in [3.63, 3.8) is 0 Å². The van der Waals surface area contributed by atoms with Crippen molar-refractivity contribution >= 4 is 23.7 Å². The number of rotatable bonds is 10. The lowest BCUT2D eigenvalue weighted by Gasteiger charge is -2.27. The fourth-order valence-corrected chi connectivity index (χ4v) is 4.62. The van der Waals surface area contributed by atoms with Gasteiger partial charge in [-0.15, -0.1) is 0 Å². The van der Waals surface area contributed by atoms with E-state index in [1.165, 1.54) is 5.56 Å². The Morgan fingerprint density at radius 3 is 2.38 bits per heavy atom. The summed E-state index contributed by atoms with van der Waals surface area (Å²) in [5, 5.41) is 11.5. The van der Waals surface area contributed by atoms with Crippen molar-refractivity contribution in [1.82, 2.24) is 21.3 Å². The molecule has 9 nitrogen and oxygen atoms in total. The second-order valence-electron chi connectivity index (χ2n) is 11.1. The van der Waals surface area contributed by atoms with Gasteiger partial charge in [0.25, 0.3) is 0 Å². The average Bonchev–Trinajstić information content (AvgIpc) is 2.92. The number of Topliss-reactive ketones (excluding diaryl/α,β-unsaturated/α-hetero) is 1. The summed E-state index contributed by atoms with van der Waals surface area (Å²) in [6, 6.07) is 14.8. The lowest BCUT2D eigenvalue weighted by molar-refractivity contribution is -0.132. The number of alkyl carbamates (subject to hydrolysis) is 1. The van der Waals surface area contributed by atoms with Gasteiger partial charge in [0.1, 0.15) is 18.7 Å². The number of benzene rings is 2. The second kappa shape index (κ2) is 15.2. The molecule has 2 bridgehead atoms. The SMILES string of the molecule is CC(C)CC(NC(=O)C(NC(=O)OCc1ccccc1)C(C)C)C(=O)NC1Cc2cccc(c2)CCNCC1=O. The molecule has 0 aromatic heterocycles. The fraction of sp³-hybridized carbons (Fsp3) is 0.484. The minimum atomic E-state index is -0.909. The van der Waals surface area contributed by atoms with Crippen molar-refractivity contribution in [3.05, 3.63) is 71.3 Å². The van der Waals surface area contributed by atoms with Crippen LogP contribution in [0, 0.1) is 11.8 Å². The average molecular weight is 551 g/mol. The summed E-state index contributed by atoms with van der Waals surface area (Å²) in [7, 11) is 0. The maximum absolute atomic E-state index is 13.5. The Balaban J connectivity index is 1.67. The third-order valence-electron chi connectivity index (χ3n) is 6.80. The van der Waals surface area contributed by atoms with Gasteiger partial charge in [-0.25, -0.2) is 4.79 Å². The van der Waals surface area contributed by atoms with E-state index >= 15 is 0 Å². The quantitative estimate of drug-likeness (QED) is 0.361. The Kier molecular flexibility index (Phi) is 11.7. The zero-order valence-electron chi connectivity index (χ0n) is 23.9. The maximum Gasteiger partial charge on any atom is 0.408 e. The molecule has 1 aliphatic heterocycles. The molecule has 3 unspecified atom stereocenters. The highest BCUT2D eigenvalue weighted by Crippen LogP contribution is 2.13. The van der Waals surface area contributed by atoms with Crippen LogP contribution in [0.25, 0.3) is 0 Å². The maximum atomic E-state index is 13.5. The topological polar surface area (TPSA) is 126 Å². The van der Waals surface area contributed by atoms with Crippen LogP contribution in [0.5, 0.6) is 0 Å². The van der Waals surface area contributed by atoms with Gasteiger partial charge in [-0.05, 0) is 54.3 Å². The van der Waals surface area contributed by atoms with E-state index in [0.717, 1.165) is 17.5 Å². The molecule has 3 atom stereocenters. The molecule has 3 amide bonds. The van der Waals surface area contributed by atoms with Crippen LogP contribution in [0.15, 0.2) is 54.6 Å². The molecule has 0 saturated carbocycles. The summed E-state index contributed by atoms with van der Waals surface area (Å²) in [6.45, 7) is 8.41. The number of fused-ring (bicyclic) bond motifs is 2. The van der Waals surface area contributed by atoms with Gasteiger partial charge in [-0.3, -0.25) is 14.4 Å². The Labute approximate surface area is 236 Å². The van der Waals surface area contributed by atoms with Crippen LogP contribution in [-0.4, -0.2) is 54.9 Å². The first-order valence-corrected chi connectivity index (χ1v) is 14.0. The Hall–Kier alpha value is -3.72. The molecule has 3 rings (SSSR count). The molecule has 1 heterocycles. The highest BCUT2D eigenvalue weighted by atomic mass is 16.5. The van der Waals surface area contributed by atoms with E-state index in [1.807, 2.05) is 62.4 Å². The second-order valence-corrected chi connectivity index (χ2v) is 11.1. The molecule has 0 fully saturated rings. The van der Waals surface area contributed by atoms with Crippen molar-refractivity contribution in [1.29, 1.82) is 0 Å². The van der Waals surface area contributed by atoms with Crippen LogP contribution in [0.1, 0.15) is 50.8 Å². The minimum Gasteiger partial charge on any atom is -0.445 e. The van der Waals surface area contributed by atoms with Crippen molar-refractivity contribution in [2.45, 2.75) is 71.7 Å². The predicted molar refractivity (Wildman–Crippen MR) is 153 cm³/mol. The van der Waals surface area contributed by atoms with Crippen LogP contribution < -0.4 is 21.3 Å². The molecular weight excluding hydrogens is 508 g/mol. The number of nitrogens with one attached hydrogen (secondary N) is 4. The number of hydrogen-bond donors (Lipinski definition) is 4. The Bertz CT molecular complexity index is 1150. The smallest absolute Gasteiger partial charge is 0.408 e. The molecule has 9 heteroatoms. The number of carbonyl (C=O) groups excluding carboxylic acids is 4. The molecule has 216 valence electrons. The summed E-state index contributed by atoms with van der Waals surface area (Å²) in [5.41, 5.74) is 2.97. The number of hydrogen-bond acceptors (Lipinski definition) is 6. The first-order valence-electron chi connectivity index (χ1n) is 14.0. The zero-order valence-corrected chi connectivity index (χ0v) is 23.9. The number of ether oxygens (including phenoxy) is 1. The first kappa shape index (κ1) is 30.8. The normalized spacial score (nSPS) is 17.1. The highest BCUT2D eigenvalue weighted by Gasteiger charge is 2.31. The van der Waals surface area contributed by atoms with Crippen molar-refractivity contribution < 1.29 is 23.9 Å². The summed E-state index contributed by atoms with van der Waals surface area (Å²) < 4.78 is 5.29. The molecule has 2 aromatic rings. The van der Waals surface area contributed by atoms with Crippen LogP contribution in [0.3, 0.4) is 0 Å². The van der Waals surface area contributed by atoms with Gasteiger partial charge < -0.3 is 26.0 Å².